The van der Waals surface area contributed by atoms with Crippen LogP contribution in [-0.4, -0.2) is 24.0 Å². The monoisotopic (exact) mass is 338 g/mol. The number of carbonyl (C=O) groups excluding carboxylic acids is 2. The number of primary amides is 1. The fraction of sp³-hybridized carbons (Fsp3) is 0.300. The molecule has 3 rings (SSSR count). The second-order valence-corrected chi connectivity index (χ2v) is 7.17. The van der Waals surface area contributed by atoms with Crippen molar-refractivity contribution in [2.24, 2.45) is 5.73 Å². The van der Waals surface area contributed by atoms with E-state index in [1.807, 2.05) is 45.0 Å². The van der Waals surface area contributed by atoms with Gasteiger partial charge in [0.05, 0.1) is 5.92 Å². The number of hydrogen-bond acceptors (Lipinski definition) is 3. The van der Waals surface area contributed by atoms with Gasteiger partial charge in [0.1, 0.15) is 11.4 Å². The van der Waals surface area contributed by atoms with Crippen molar-refractivity contribution < 1.29 is 14.3 Å². The van der Waals surface area contributed by atoms with Gasteiger partial charge in [-0.05, 0) is 56.7 Å². The van der Waals surface area contributed by atoms with E-state index in [0.717, 1.165) is 11.3 Å². The molecule has 2 aromatic carbocycles. The Balaban J connectivity index is 1.85. The highest BCUT2D eigenvalue weighted by Gasteiger charge is 2.35. The Morgan fingerprint density at radius 3 is 2.32 bits per heavy atom. The molecule has 0 saturated carbocycles. The molecule has 0 aliphatic carbocycles. The predicted molar refractivity (Wildman–Crippen MR) is 96.9 cm³/mol. The number of hydrogen-bond donors (Lipinski definition) is 1. The highest BCUT2D eigenvalue weighted by Crippen LogP contribution is 2.36. The largest absolute Gasteiger partial charge is 0.488 e. The Hall–Kier alpha value is -2.82. The minimum Gasteiger partial charge on any atom is -0.488 e. The van der Waals surface area contributed by atoms with Crippen LogP contribution in [0.3, 0.4) is 0 Å². The molecule has 0 saturated heterocycles. The third kappa shape index (κ3) is 3.50. The lowest BCUT2D eigenvalue weighted by Gasteiger charge is -2.22. The fourth-order valence-corrected chi connectivity index (χ4v) is 3.02. The van der Waals surface area contributed by atoms with E-state index < -0.39 is 11.8 Å². The first-order chi connectivity index (χ1) is 11.8. The second kappa shape index (κ2) is 6.24. The highest BCUT2D eigenvalue weighted by atomic mass is 16.5. The third-order valence-corrected chi connectivity index (χ3v) is 4.08. The zero-order valence-electron chi connectivity index (χ0n) is 14.7. The minimum absolute atomic E-state index is 0.154. The maximum absolute atomic E-state index is 12.9. The zero-order chi connectivity index (χ0) is 18.2. The smallest absolute Gasteiger partial charge is 0.258 e. The quantitative estimate of drug-likeness (QED) is 0.934. The van der Waals surface area contributed by atoms with Crippen LogP contribution in [0.25, 0.3) is 0 Å². The normalized spacial score (nSPS) is 16.4. The molecule has 2 aromatic rings. The number of anilines is 1. The van der Waals surface area contributed by atoms with Crippen LogP contribution in [0, 0.1) is 0 Å². The number of para-hydroxylation sites is 1. The Morgan fingerprint density at radius 2 is 1.72 bits per heavy atom. The van der Waals surface area contributed by atoms with Crippen molar-refractivity contribution in [3.05, 3.63) is 59.7 Å². The summed E-state index contributed by atoms with van der Waals surface area (Å²) < 4.78 is 5.78. The number of ether oxygens (including phenoxy) is 1. The fourth-order valence-electron chi connectivity index (χ4n) is 3.02. The van der Waals surface area contributed by atoms with Crippen LogP contribution in [0.5, 0.6) is 5.75 Å². The summed E-state index contributed by atoms with van der Waals surface area (Å²) in [4.78, 5) is 26.2. The topological polar surface area (TPSA) is 72.6 Å². The van der Waals surface area contributed by atoms with Gasteiger partial charge in [-0.2, -0.15) is 0 Å². The van der Waals surface area contributed by atoms with Crippen molar-refractivity contribution >= 4 is 17.5 Å². The van der Waals surface area contributed by atoms with Gasteiger partial charge in [0.25, 0.3) is 5.91 Å². The molecule has 1 aliphatic heterocycles. The van der Waals surface area contributed by atoms with E-state index in [-0.39, 0.29) is 18.1 Å². The van der Waals surface area contributed by atoms with Crippen molar-refractivity contribution in [2.75, 3.05) is 11.4 Å². The summed E-state index contributed by atoms with van der Waals surface area (Å²) in [7, 11) is 0. The zero-order valence-corrected chi connectivity index (χ0v) is 14.7. The minimum atomic E-state index is -0.469. The summed E-state index contributed by atoms with van der Waals surface area (Å²) in [6, 6.07) is 14.4. The molecular weight excluding hydrogens is 316 g/mol. The lowest BCUT2D eigenvalue weighted by Crippen LogP contribution is -2.33. The van der Waals surface area contributed by atoms with Gasteiger partial charge in [0.2, 0.25) is 5.91 Å². The number of carbonyl (C=O) groups is 2. The molecule has 0 radical (unpaired) electrons. The van der Waals surface area contributed by atoms with Gasteiger partial charge in [-0.1, -0.05) is 18.2 Å². The summed E-state index contributed by atoms with van der Waals surface area (Å²) in [5.41, 5.74) is 7.29. The van der Waals surface area contributed by atoms with E-state index in [1.54, 1.807) is 29.2 Å². The maximum Gasteiger partial charge on any atom is 0.258 e. The van der Waals surface area contributed by atoms with Gasteiger partial charge >= 0.3 is 0 Å². The summed E-state index contributed by atoms with van der Waals surface area (Å²) in [5, 5.41) is 0. The number of fused-ring (bicyclic) bond motifs is 1. The lowest BCUT2D eigenvalue weighted by atomic mass is 10.0. The molecule has 2 N–H and O–H groups in total. The average Bonchev–Trinajstić information content (AvgIpc) is 2.93. The first-order valence-corrected chi connectivity index (χ1v) is 8.25. The molecule has 0 unspecified atom stereocenters. The molecule has 0 aromatic heterocycles. The van der Waals surface area contributed by atoms with Gasteiger partial charge in [-0.25, -0.2) is 0 Å². The van der Waals surface area contributed by atoms with E-state index in [2.05, 4.69) is 0 Å². The van der Waals surface area contributed by atoms with Gasteiger partial charge < -0.3 is 15.4 Å². The first kappa shape index (κ1) is 17.0. The third-order valence-electron chi connectivity index (χ3n) is 4.08. The van der Waals surface area contributed by atoms with Gasteiger partial charge in [-0.3, -0.25) is 9.59 Å². The summed E-state index contributed by atoms with van der Waals surface area (Å²) in [5.74, 6) is -0.334. The van der Waals surface area contributed by atoms with Crippen LogP contribution in [0.15, 0.2) is 48.5 Å². The molecule has 0 spiro atoms. The number of amides is 2. The number of benzene rings is 2. The summed E-state index contributed by atoms with van der Waals surface area (Å²) >= 11 is 0. The summed E-state index contributed by atoms with van der Waals surface area (Å²) in [6.07, 6.45) is 0. The van der Waals surface area contributed by atoms with Gasteiger partial charge in [-0.15, -0.1) is 0 Å². The molecule has 130 valence electrons. The average molecular weight is 338 g/mol. The maximum atomic E-state index is 12.9. The SMILES string of the molecule is CC(C)(C)Oc1ccc(C(=O)N2C[C@@H](C(N)=O)c3ccccc32)cc1. The Morgan fingerprint density at radius 1 is 1.08 bits per heavy atom. The van der Waals surface area contributed by atoms with Crippen molar-refractivity contribution in [3.63, 3.8) is 0 Å². The Bertz CT molecular complexity index is 806. The van der Waals surface area contributed by atoms with E-state index in [1.165, 1.54) is 0 Å². The molecule has 5 heteroatoms. The highest BCUT2D eigenvalue weighted by molar-refractivity contribution is 6.09. The first-order valence-electron chi connectivity index (χ1n) is 8.25. The second-order valence-electron chi connectivity index (χ2n) is 7.17. The summed E-state index contributed by atoms with van der Waals surface area (Å²) in [6.45, 7) is 6.18. The van der Waals surface area contributed by atoms with E-state index >= 15 is 0 Å². The Labute approximate surface area is 147 Å². The van der Waals surface area contributed by atoms with Crippen LogP contribution >= 0.6 is 0 Å². The molecule has 0 bridgehead atoms. The van der Waals surface area contributed by atoms with Crippen molar-refractivity contribution in [3.8, 4) is 5.75 Å². The predicted octanol–water partition coefficient (Wildman–Crippen LogP) is 3.09. The van der Waals surface area contributed by atoms with Crippen molar-refractivity contribution in [2.45, 2.75) is 32.3 Å². The van der Waals surface area contributed by atoms with Crippen molar-refractivity contribution in [1.29, 1.82) is 0 Å². The van der Waals surface area contributed by atoms with Crippen LogP contribution in [-0.2, 0) is 4.79 Å². The molecule has 1 heterocycles. The molecule has 5 nitrogen and oxygen atoms in total. The van der Waals surface area contributed by atoms with E-state index in [0.29, 0.717) is 11.3 Å². The molecule has 2 amide bonds. The van der Waals surface area contributed by atoms with E-state index in [4.69, 9.17) is 10.5 Å². The van der Waals surface area contributed by atoms with Crippen LogP contribution < -0.4 is 15.4 Å². The molecule has 0 fully saturated rings. The number of nitrogens with zero attached hydrogens (tertiary/aromatic N) is 1. The number of rotatable bonds is 3. The van der Waals surface area contributed by atoms with E-state index in [9.17, 15) is 9.59 Å². The molecule has 1 aliphatic rings. The van der Waals surface area contributed by atoms with Crippen LogP contribution in [0.4, 0.5) is 5.69 Å². The van der Waals surface area contributed by atoms with Crippen LogP contribution in [0.2, 0.25) is 0 Å². The van der Waals surface area contributed by atoms with Crippen molar-refractivity contribution in [1.82, 2.24) is 0 Å². The standard InChI is InChI=1S/C20H22N2O3/c1-20(2,3)25-14-10-8-13(9-11-14)19(24)22-12-16(18(21)23)15-6-4-5-7-17(15)22/h4-11,16H,12H2,1-3H3,(H2,21,23)/t16-/m1/s1. The Kier molecular flexibility index (Phi) is 4.25. The lowest BCUT2D eigenvalue weighted by molar-refractivity contribution is -0.119. The molecule has 25 heavy (non-hydrogen) atoms. The molecule has 1 atom stereocenters. The molecular formula is C20H22N2O3. The number of nitrogens with two attached hydrogens (primary N) is 1. The van der Waals surface area contributed by atoms with Gasteiger partial charge in [0, 0.05) is 17.8 Å². The van der Waals surface area contributed by atoms with Crippen LogP contribution in [0.1, 0.15) is 42.6 Å². The van der Waals surface area contributed by atoms with Gasteiger partial charge in [0.15, 0.2) is 0 Å².